The Labute approximate surface area is 157 Å². The van der Waals surface area contributed by atoms with E-state index in [1.54, 1.807) is 19.2 Å². The zero-order valence-corrected chi connectivity index (χ0v) is 15.7. The summed E-state index contributed by atoms with van der Waals surface area (Å²) in [4.78, 5) is 27.4. The van der Waals surface area contributed by atoms with Gasteiger partial charge in [0.25, 0.3) is 0 Å². The lowest BCUT2D eigenvalue weighted by molar-refractivity contribution is 0.0534. The number of carbonyl (C=O) groups excluding carboxylic acids is 2. The van der Waals surface area contributed by atoms with E-state index in [1.165, 1.54) is 4.68 Å². The molecule has 2 heterocycles. The third-order valence-corrected chi connectivity index (χ3v) is 4.50. The van der Waals surface area contributed by atoms with Crippen molar-refractivity contribution < 1.29 is 24.2 Å². The van der Waals surface area contributed by atoms with Crippen LogP contribution in [0.4, 0.5) is 4.79 Å². The first-order valence-electron chi connectivity index (χ1n) is 7.80. The second kappa shape index (κ2) is 7.42. The SMILES string of the molecule is Cc1c(C(O)CNC(=O)OCc2nc(Br)nn2C)ccc2c1COC2=O. The van der Waals surface area contributed by atoms with Gasteiger partial charge in [-0.2, -0.15) is 0 Å². The maximum absolute atomic E-state index is 11.8. The number of nitrogens with one attached hydrogen (secondary N) is 1. The molecule has 0 aliphatic carbocycles. The van der Waals surface area contributed by atoms with Gasteiger partial charge in [-0.05, 0) is 40.0 Å². The van der Waals surface area contributed by atoms with Crippen LogP contribution in [0.2, 0.25) is 0 Å². The van der Waals surface area contributed by atoms with Crippen molar-refractivity contribution in [3.05, 3.63) is 44.9 Å². The largest absolute Gasteiger partial charge is 0.457 e. The molecule has 26 heavy (non-hydrogen) atoms. The molecule has 1 aromatic carbocycles. The first-order chi connectivity index (χ1) is 12.4. The molecule has 3 rings (SSSR count). The Bertz CT molecular complexity index is 867. The molecule has 138 valence electrons. The Hall–Kier alpha value is -2.46. The highest BCUT2D eigenvalue weighted by Gasteiger charge is 2.25. The van der Waals surface area contributed by atoms with Gasteiger partial charge in [-0.1, -0.05) is 6.07 Å². The number of aromatic nitrogens is 3. The van der Waals surface area contributed by atoms with Gasteiger partial charge < -0.3 is 19.9 Å². The number of halogens is 1. The third-order valence-electron chi connectivity index (χ3n) is 4.17. The Balaban J connectivity index is 1.55. The van der Waals surface area contributed by atoms with Crippen molar-refractivity contribution in [1.29, 1.82) is 0 Å². The molecule has 0 bridgehead atoms. The molecule has 1 aliphatic heterocycles. The van der Waals surface area contributed by atoms with Gasteiger partial charge in [0, 0.05) is 12.6 Å². The number of aliphatic hydroxyl groups is 1. The number of nitrogens with zero attached hydrogens (tertiary/aromatic N) is 3. The van der Waals surface area contributed by atoms with E-state index in [9.17, 15) is 14.7 Å². The average Bonchev–Trinajstić information content (AvgIpc) is 3.13. The summed E-state index contributed by atoms with van der Waals surface area (Å²) in [6.45, 7) is 1.93. The molecule has 0 fully saturated rings. The van der Waals surface area contributed by atoms with Crippen molar-refractivity contribution in [3.63, 3.8) is 0 Å². The minimum atomic E-state index is -0.937. The fraction of sp³-hybridized carbons (Fsp3) is 0.375. The van der Waals surface area contributed by atoms with Gasteiger partial charge >= 0.3 is 12.1 Å². The molecule has 1 amide bonds. The number of alkyl carbamates (subject to hydrolysis) is 1. The number of amides is 1. The number of aryl methyl sites for hydroxylation is 1. The summed E-state index contributed by atoms with van der Waals surface area (Å²) >= 11 is 3.14. The number of esters is 1. The van der Waals surface area contributed by atoms with Gasteiger partial charge in [-0.15, -0.1) is 5.10 Å². The van der Waals surface area contributed by atoms with E-state index in [-0.39, 0.29) is 25.7 Å². The van der Waals surface area contributed by atoms with Crippen LogP contribution in [0.5, 0.6) is 0 Å². The minimum absolute atomic E-state index is 0.0320. The summed E-state index contributed by atoms with van der Waals surface area (Å²) in [6, 6.07) is 3.29. The second-order valence-corrected chi connectivity index (χ2v) is 6.48. The molecule has 2 N–H and O–H groups in total. The number of fused-ring (bicyclic) bond motifs is 1. The van der Waals surface area contributed by atoms with E-state index in [0.717, 1.165) is 11.1 Å². The molecule has 2 aromatic rings. The van der Waals surface area contributed by atoms with Crippen molar-refractivity contribution >= 4 is 28.0 Å². The number of hydrogen-bond acceptors (Lipinski definition) is 7. The summed E-state index contributed by atoms with van der Waals surface area (Å²) in [6.07, 6.45) is -1.62. The van der Waals surface area contributed by atoms with Crippen LogP contribution in [0.3, 0.4) is 0 Å². The van der Waals surface area contributed by atoms with Crippen molar-refractivity contribution in [2.24, 2.45) is 7.05 Å². The molecule has 0 saturated heterocycles. The summed E-state index contributed by atoms with van der Waals surface area (Å²) in [7, 11) is 1.68. The molecule has 1 unspecified atom stereocenters. The lowest BCUT2D eigenvalue weighted by atomic mass is 9.95. The first kappa shape index (κ1) is 18.3. The number of ether oxygens (including phenoxy) is 2. The molecule has 0 saturated carbocycles. The average molecular weight is 425 g/mol. The van der Waals surface area contributed by atoms with Gasteiger partial charge in [0.1, 0.15) is 6.61 Å². The third kappa shape index (κ3) is 3.70. The van der Waals surface area contributed by atoms with E-state index < -0.39 is 12.2 Å². The highest BCUT2D eigenvalue weighted by atomic mass is 79.9. The second-order valence-electron chi connectivity index (χ2n) is 5.78. The lowest BCUT2D eigenvalue weighted by Gasteiger charge is -2.16. The summed E-state index contributed by atoms with van der Waals surface area (Å²) in [5.74, 6) is 0.118. The number of benzene rings is 1. The molecular formula is C16H17BrN4O5. The van der Waals surface area contributed by atoms with Crippen LogP contribution in [0, 0.1) is 6.92 Å². The van der Waals surface area contributed by atoms with E-state index in [1.807, 2.05) is 6.92 Å². The van der Waals surface area contributed by atoms with Gasteiger partial charge in [0.05, 0.1) is 18.2 Å². The summed E-state index contributed by atoms with van der Waals surface area (Å²) < 4.78 is 11.9. The van der Waals surface area contributed by atoms with Crippen LogP contribution in [-0.2, 0) is 29.7 Å². The molecule has 1 aliphatic rings. The summed E-state index contributed by atoms with van der Waals surface area (Å²) in [5.41, 5.74) is 2.68. The Morgan fingerprint density at radius 1 is 1.54 bits per heavy atom. The predicted octanol–water partition coefficient (Wildman–Crippen LogP) is 1.52. The van der Waals surface area contributed by atoms with Crippen molar-refractivity contribution in [2.45, 2.75) is 26.2 Å². The maximum atomic E-state index is 11.8. The van der Waals surface area contributed by atoms with Crippen molar-refractivity contribution in [1.82, 2.24) is 20.1 Å². The van der Waals surface area contributed by atoms with Gasteiger partial charge in [-0.25, -0.2) is 19.3 Å². The van der Waals surface area contributed by atoms with Crippen LogP contribution >= 0.6 is 15.9 Å². The topological polar surface area (TPSA) is 116 Å². The lowest BCUT2D eigenvalue weighted by Crippen LogP contribution is -2.29. The molecule has 1 aromatic heterocycles. The smallest absolute Gasteiger partial charge is 0.407 e. The molecular weight excluding hydrogens is 408 g/mol. The van der Waals surface area contributed by atoms with E-state index in [2.05, 4.69) is 31.3 Å². The number of rotatable bonds is 5. The van der Waals surface area contributed by atoms with Gasteiger partial charge in [0.2, 0.25) is 4.73 Å². The zero-order valence-electron chi connectivity index (χ0n) is 14.2. The van der Waals surface area contributed by atoms with Crippen LogP contribution in [0.15, 0.2) is 16.9 Å². The normalized spacial score (nSPS) is 13.9. The Morgan fingerprint density at radius 2 is 2.31 bits per heavy atom. The van der Waals surface area contributed by atoms with Gasteiger partial charge in [0.15, 0.2) is 12.4 Å². The first-order valence-corrected chi connectivity index (χ1v) is 8.59. The number of carbonyl (C=O) groups is 2. The fourth-order valence-electron chi connectivity index (χ4n) is 2.71. The van der Waals surface area contributed by atoms with Crippen LogP contribution in [-0.4, -0.2) is 38.5 Å². The number of aliphatic hydroxyl groups excluding tert-OH is 1. The van der Waals surface area contributed by atoms with E-state index in [0.29, 0.717) is 21.7 Å². The quantitative estimate of drug-likeness (QED) is 0.698. The number of cyclic esters (lactones) is 1. The Kier molecular flexibility index (Phi) is 5.23. The number of hydrogen-bond donors (Lipinski definition) is 2. The molecule has 1 atom stereocenters. The highest BCUT2D eigenvalue weighted by molar-refractivity contribution is 9.10. The van der Waals surface area contributed by atoms with Crippen molar-refractivity contribution in [2.75, 3.05) is 6.54 Å². The standard InChI is InChI=1S/C16H17BrN4O5/c1-8-9(3-4-10-11(8)6-25-14(10)23)12(22)5-18-16(24)26-7-13-19-15(17)20-21(13)2/h3-4,12,22H,5-7H2,1-2H3,(H,18,24). The molecule has 9 nitrogen and oxygen atoms in total. The fourth-order valence-corrected chi connectivity index (χ4v) is 3.15. The van der Waals surface area contributed by atoms with Crippen LogP contribution in [0.1, 0.15) is 39.0 Å². The monoisotopic (exact) mass is 424 g/mol. The molecule has 0 radical (unpaired) electrons. The minimum Gasteiger partial charge on any atom is -0.457 e. The van der Waals surface area contributed by atoms with Crippen molar-refractivity contribution in [3.8, 4) is 0 Å². The van der Waals surface area contributed by atoms with E-state index >= 15 is 0 Å². The zero-order chi connectivity index (χ0) is 18.8. The molecule has 0 spiro atoms. The van der Waals surface area contributed by atoms with Crippen LogP contribution in [0.25, 0.3) is 0 Å². The highest BCUT2D eigenvalue weighted by Crippen LogP contribution is 2.28. The molecule has 10 heteroatoms. The van der Waals surface area contributed by atoms with Crippen LogP contribution < -0.4 is 5.32 Å². The Morgan fingerprint density at radius 3 is 3.00 bits per heavy atom. The summed E-state index contributed by atoms with van der Waals surface area (Å²) in [5, 5.41) is 16.8. The predicted molar refractivity (Wildman–Crippen MR) is 92.1 cm³/mol. The maximum Gasteiger partial charge on any atom is 0.407 e. The van der Waals surface area contributed by atoms with Gasteiger partial charge in [-0.3, -0.25) is 0 Å². The van der Waals surface area contributed by atoms with E-state index in [4.69, 9.17) is 9.47 Å².